The second-order valence-electron chi connectivity index (χ2n) is 8.30. The van der Waals surface area contributed by atoms with E-state index in [9.17, 15) is 19.7 Å². The van der Waals surface area contributed by atoms with E-state index >= 15 is 0 Å². The predicted octanol–water partition coefficient (Wildman–Crippen LogP) is 4.35. The lowest BCUT2D eigenvalue weighted by Gasteiger charge is -2.12. The Morgan fingerprint density at radius 2 is 1.81 bits per heavy atom. The smallest absolute Gasteiger partial charge is 0.296 e. The number of non-ortho nitro benzene ring substituents is 1. The van der Waals surface area contributed by atoms with Crippen molar-refractivity contribution in [3.8, 4) is 11.4 Å². The molecule has 5 rings (SSSR count). The van der Waals surface area contributed by atoms with E-state index in [1.165, 1.54) is 30.0 Å². The molecule has 0 aliphatic rings. The molecular formula is C26H21N5O5. The highest BCUT2D eigenvalue weighted by Crippen LogP contribution is 2.32. The number of methoxy groups -OCH3 is 1. The SMILES string of the molecule is COc1ccc([N+](=O)[O-])cc1NC(=O)c1nn(-c2ccc(C)cc2)c(=O)c2c1c1ccccc1n2C. The Balaban J connectivity index is 1.77. The summed E-state index contributed by atoms with van der Waals surface area (Å²) in [4.78, 5) is 38.0. The topological polar surface area (TPSA) is 121 Å². The number of ether oxygens (including phenoxy) is 1. The Hall–Kier alpha value is -4.99. The lowest BCUT2D eigenvalue weighted by molar-refractivity contribution is -0.384. The number of amides is 1. The highest BCUT2D eigenvalue weighted by molar-refractivity contribution is 6.19. The van der Waals surface area contributed by atoms with Crippen molar-refractivity contribution >= 4 is 39.1 Å². The van der Waals surface area contributed by atoms with Gasteiger partial charge in [-0.25, -0.2) is 0 Å². The molecule has 5 aromatic rings. The zero-order chi connectivity index (χ0) is 25.6. The molecule has 1 N–H and O–H groups in total. The summed E-state index contributed by atoms with van der Waals surface area (Å²) >= 11 is 0. The number of carbonyl (C=O) groups excluding carboxylic acids is 1. The molecule has 1 amide bonds. The number of para-hydroxylation sites is 1. The Labute approximate surface area is 204 Å². The average Bonchev–Trinajstić information content (AvgIpc) is 3.18. The van der Waals surface area contributed by atoms with E-state index < -0.39 is 10.8 Å². The average molecular weight is 483 g/mol. The highest BCUT2D eigenvalue weighted by Gasteiger charge is 2.24. The lowest BCUT2D eigenvalue weighted by Crippen LogP contribution is -2.27. The van der Waals surface area contributed by atoms with Crippen LogP contribution in [0.25, 0.3) is 27.5 Å². The summed E-state index contributed by atoms with van der Waals surface area (Å²) in [5.74, 6) is -0.397. The molecule has 2 heterocycles. The fraction of sp³-hybridized carbons (Fsp3) is 0.115. The minimum absolute atomic E-state index is 0.00414. The number of nitro groups is 1. The molecule has 10 heteroatoms. The number of hydrogen-bond acceptors (Lipinski definition) is 6. The van der Waals surface area contributed by atoms with Crippen LogP contribution in [0.3, 0.4) is 0 Å². The number of nitro benzene ring substituents is 1. The van der Waals surface area contributed by atoms with E-state index in [4.69, 9.17) is 4.74 Å². The van der Waals surface area contributed by atoms with E-state index in [2.05, 4.69) is 10.4 Å². The van der Waals surface area contributed by atoms with Crippen molar-refractivity contribution in [2.45, 2.75) is 6.92 Å². The van der Waals surface area contributed by atoms with Crippen molar-refractivity contribution in [1.82, 2.24) is 14.3 Å². The van der Waals surface area contributed by atoms with E-state index in [-0.39, 0.29) is 28.4 Å². The van der Waals surface area contributed by atoms with Crippen LogP contribution in [-0.2, 0) is 7.05 Å². The number of hydrogen-bond donors (Lipinski definition) is 1. The summed E-state index contributed by atoms with van der Waals surface area (Å²) in [6.45, 7) is 1.93. The molecule has 0 atom stereocenters. The number of nitrogens with zero attached hydrogens (tertiary/aromatic N) is 4. The van der Waals surface area contributed by atoms with Gasteiger partial charge in [0.05, 0.1) is 23.4 Å². The summed E-state index contributed by atoms with van der Waals surface area (Å²) in [5.41, 5.74) is 2.09. The van der Waals surface area contributed by atoms with E-state index in [1.54, 1.807) is 23.7 Å². The number of anilines is 1. The van der Waals surface area contributed by atoms with Crippen LogP contribution in [0.15, 0.2) is 71.5 Å². The number of aromatic nitrogens is 3. The van der Waals surface area contributed by atoms with Gasteiger partial charge >= 0.3 is 0 Å². The molecule has 0 saturated carbocycles. The van der Waals surface area contributed by atoms with Gasteiger partial charge in [0.25, 0.3) is 17.2 Å². The van der Waals surface area contributed by atoms with Crippen molar-refractivity contribution in [3.63, 3.8) is 0 Å². The van der Waals surface area contributed by atoms with Crippen molar-refractivity contribution < 1.29 is 14.5 Å². The zero-order valence-electron chi connectivity index (χ0n) is 19.7. The van der Waals surface area contributed by atoms with Gasteiger partial charge in [-0.15, -0.1) is 0 Å². The van der Waals surface area contributed by atoms with Crippen molar-refractivity contribution in [2.24, 2.45) is 7.05 Å². The van der Waals surface area contributed by atoms with Gasteiger partial charge in [-0.05, 0) is 31.2 Å². The number of fused-ring (bicyclic) bond motifs is 3. The van der Waals surface area contributed by atoms with Crippen molar-refractivity contribution in [3.05, 3.63) is 98.5 Å². The largest absolute Gasteiger partial charge is 0.495 e. The molecule has 0 radical (unpaired) electrons. The van der Waals surface area contributed by atoms with Gasteiger partial charge in [-0.3, -0.25) is 19.7 Å². The molecule has 0 aliphatic carbocycles. The second kappa shape index (κ2) is 8.66. The van der Waals surface area contributed by atoms with Crippen LogP contribution in [0.5, 0.6) is 5.75 Å². The number of rotatable bonds is 5. The Kier molecular flexibility index (Phi) is 5.48. The van der Waals surface area contributed by atoms with Gasteiger partial charge in [0.1, 0.15) is 11.3 Å². The standard InChI is InChI=1S/C26H21N5O5/c1-15-8-10-16(11-9-15)30-26(33)24-22(18-6-4-5-7-20(18)29(24)2)23(28-30)25(32)27-19-14-17(31(34)35)12-13-21(19)36-3/h4-14H,1-3H3,(H,27,32). The monoisotopic (exact) mass is 483 g/mol. The molecule has 10 nitrogen and oxygen atoms in total. The quantitative estimate of drug-likeness (QED) is 0.293. The third-order valence-electron chi connectivity index (χ3n) is 6.07. The summed E-state index contributed by atoms with van der Waals surface area (Å²) in [5, 5.41) is 19.5. The molecule has 3 aromatic carbocycles. The zero-order valence-corrected chi connectivity index (χ0v) is 19.7. The van der Waals surface area contributed by atoms with Crippen LogP contribution >= 0.6 is 0 Å². The van der Waals surface area contributed by atoms with Crippen LogP contribution in [0.2, 0.25) is 0 Å². The molecule has 2 aromatic heterocycles. The predicted molar refractivity (Wildman–Crippen MR) is 136 cm³/mol. The molecule has 0 aliphatic heterocycles. The van der Waals surface area contributed by atoms with Crippen LogP contribution in [0.4, 0.5) is 11.4 Å². The molecular weight excluding hydrogens is 462 g/mol. The Bertz CT molecular complexity index is 1730. The van der Waals surface area contributed by atoms with Crippen LogP contribution in [-0.4, -0.2) is 32.3 Å². The van der Waals surface area contributed by atoms with Gasteiger partial charge in [0.2, 0.25) is 0 Å². The van der Waals surface area contributed by atoms with Gasteiger partial charge in [0, 0.05) is 35.5 Å². The van der Waals surface area contributed by atoms with Gasteiger partial charge < -0.3 is 14.6 Å². The van der Waals surface area contributed by atoms with Crippen LogP contribution < -0.4 is 15.6 Å². The molecule has 36 heavy (non-hydrogen) atoms. The van der Waals surface area contributed by atoms with Gasteiger partial charge in [-0.1, -0.05) is 35.9 Å². The Morgan fingerprint density at radius 3 is 2.50 bits per heavy atom. The summed E-state index contributed by atoms with van der Waals surface area (Å²) in [6, 6.07) is 18.5. The molecule has 0 fully saturated rings. The number of benzene rings is 3. The number of aryl methyl sites for hydroxylation is 2. The van der Waals surface area contributed by atoms with Crippen molar-refractivity contribution in [1.29, 1.82) is 0 Å². The molecule has 0 unspecified atom stereocenters. The lowest BCUT2D eigenvalue weighted by atomic mass is 10.1. The third kappa shape index (κ3) is 3.65. The minimum Gasteiger partial charge on any atom is -0.495 e. The number of carbonyl (C=O) groups is 1. The fourth-order valence-corrected chi connectivity index (χ4v) is 4.29. The summed E-state index contributed by atoms with van der Waals surface area (Å²) in [7, 11) is 3.16. The third-order valence-corrected chi connectivity index (χ3v) is 6.07. The Morgan fingerprint density at radius 1 is 1.08 bits per heavy atom. The summed E-state index contributed by atoms with van der Waals surface area (Å²) < 4.78 is 8.22. The second-order valence-corrected chi connectivity index (χ2v) is 8.30. The molecule has 0 saturated heterocycles. The van der Waals surface area contributed by atoms with Crippen LogP contribution in [0.1, 0.15) is 16.1 Å². The first-order valence-electron chi connectivity index (χ1n) is 11.0. The molecule has 0 bridgehead atoms. The first kappa shape index (κ1) is 22.8. The molecule has 180 valence electrons. The van der Waals surface area contributed by atoms with Gasteiger partial charge in [0.15, 0.2) is 5.69 Å². The summed E-state index contributed by atoms with van der Waals surface area (Å²) in [6.07, 6.45) is 0. The normalized spacial score (nSPS) is 11.1. The highest BCUT2D eigenvalue weighted by atomic mass is 16.6. The maximum atomic E-state index is 13.7. The first-order chi connectivity index (χ1) is 17.3. The van der Waals surface area contributed by atoms with E-state index in [0.29, 0.717) is 22.0 Å². The fourth-order valence-electron chi connectivity index (χ4n) is 4.29. The van der Waals surface area contributed by atoms with Crippen molar-refractivity contribution in [2.75, 3.05) is 12.4 Å². The van der Waals surface area contributed by atoms with E-state index in [0.717, 1.165) is 11.1 Å². The van der Waals surface area contributed by atoms with E-state index in [1.807, 2.05) is 43.3 Å². The maximum Gasteiger partial charge on any atom is 0.296 e. The van der Waals surface area contributed by atoms with Gasteiger partial charge in [-0.2, -0.15) is 9.78 Å². The maximum absolute atomic E-state index is 13.7. The molecule has 0 spiro atoms. The first-order valence-corrected chi connectivity index (χ1v) is 11.0. The van der Waals surface area contributed by atoms with Crippen LogP contribution in [0, 0.1) is 17.0 Å². The number of nitrogens with one attached hydrogen (secondary N) is 1. The minimum atomic E-state index is -0.643.